The second-order valence-electron chi connectivity index (χ2n) is 12.2. The number of carbonyl (C=O) groups excluding carboxylic acids is 4. The summed E-state index contributed by atoms with van der Waals surface area (Å²) in [7, 11) is 0. The molecule has 1 aliphatic heterocycles. The van der Waals surface area contributed by atoms with E-state index in [0.717, 1.165) is 0 Å². The first-order valence-corrected chi connectivity index (χ1v) is 12.8. The van der Waals surface area contributed by atoms with Crippen molar-refractivity contribution in [1.82, 2.24) is 20.9 Å². The number of rotatable bonds is 10. The van der Waals surface area contributed by atoms with E-state index >= 15 is 0 Å². The van der Waals surface area contributed by atoms with Crippen molar-refractivity contribution in [1.29, 1.82) is 0 Å². The zero-order valence-electron chi connectivity index (χ0n) is 23.2. The van der Waals surface area contributed by atoms with Crippen LogP contribution in [0.5, 0.6) is 0 Å². The van der Waals surface area contributed by atoms with Crippen LogP contribution in [-0.4, -0.2) is 72.0 Å². The Labute approximate surface area is 211 Å². The number of ether oxygens (including phenoxy) is 1. The van der Waals surface area contributed by atoms with Crippen molar-refractivity contribution >= 4 is 23.7 Å². The molecule has 0 aliphatic carbocycles. The predicted molar refractivity (Wildman–Crippen MR) is 137 cm³/mol. The highest BCUT2D eigenvalue weighted by Gasteiger charge is 2.31. The minimum atomic E-state index is -0.844. The Morgan fingerprint density at radius 2 is 1.51 bits per heavy atom. The number of likely N-dealkylation sites (tertiary alicyclic amines) is 1. The number of hydrogen-bond donors (Lipinski definition) is 3. The first-order chi connectivity index (χ1) is 16.0. The molecule has 2 atom stereocenters. The molecule has 1 fully saturated rings. The van der Waals surface area contributed by atoms with Gasteiger partial charge in [0.1, 0.15) is 18.2 Å². The maximum Gasteiger partial charge on any atom is 0.328 e. The topological polar surface area (TPSA) is 117 Å². The van der Waals surface area contributed by atoms with Gasteiger partial charge in [-0.25, -0.2) is 4.79 Å². The van der Waals surface area contributed by atoms with Gasteiger partial charge in [-0.2, -0.15) is 0 Å². The van der Waals surface area contributed by atoms with Gasteiger partial charge >= 0.3 is 5.97 Å². The molecule has 0 radical (unpaired) electrons. The summed E-state index contributed by atoms with van der Waals surface area (Å²) in [6.45, 7) is 19.0. The second-order valence-corrected chi connectivity index (χ2v) is 12.2. The Balaban J connectivity index is 2.50. The van der Waals surface area contributed by atoms with Crippen LogP contribution >= 0.6 is 0 Å². The minimum absolute atomic E-state index is 0.0648. The fourth-order valence-electron chi connectivity index (χ4n) is 3.75. The molecule has 35 heavy (non-hydrogen) atoms. The smallest absolute Gasteiger partial charge is 0.328 e. The standard InChI is InChI=1S/C26H48N4O5/c1-17(2)22(29-20(31)10-13-27-26(7,8)9)23(33)28-18(3)24(34)35-19-11-14-30(15-12-19)21(32)16-25(4,5)6/h17-19,22,27H,10-16H2,1-9H3,(H,28,33)(H,29,31)/t18-,22-/m0/s1. The predicted octanol–water partition coefficient (Wildman–Crippen LogP) is 2.38. The number of hydrogen-bond acceptors (Lipinski definition) is 6. The Morgan fingerprint density at radius 1 is 0.943 bits per heavy atom. The Kier molecular flexibility index (Phi) is 11.7. The molecule has 0 saturated carbocycles. The van der Waals surface area contributed by atoms with E-state index in [1.54, 1.807) is 6.92 Å². The molecule has 1 heterocycles. The molecule has 0 aromatic rings. The quantitative estimate of drug-likeness (QED) is 0.400. The van der Waals surface area contributed by atoms with Crippen molar-refractivity contribution < 1.29 is 23.9 Å². The highest BCUT2D eigenvalue weighted by atomic mass is 16.5. The van der Waals surface area contributed by atoms with Gasteiger partial charge in [-0.05, 0) is 39.0 Å². The van der Waals surface area contributed by atoms with Crippen LogP contribution in [0.15, 0.2) is 0 Å². The average molecular weight is 497 g/mol. The second kappa shape index (κ2) is 13.2. The minimum Gasteiger partial charge on any atom is -0.461 e. The van der Waals surface area contributed by atoms with Gasteiger partial charge in [-0.3, -0.25) is 14.4 Å². The number of nitrogens with zero attached hydrogens (tertiary/aromatic N) is 1. The van der Waals surface area contributed by atoms with E-state index in [4.69, 9.17) is 4.74 Å². The number of carbonyl (C=O) groups is 4. The molecule has 9 nitrogen and oxygen atoms in total. The molecule has 0 aromatic carbocycles. The number of piperidine rings is 1. The summed E-state index contributed by atoms with van der Waals surface area (Å²) in [4.78, 5) is 52.0. The summed E-state index contributed by atoms with van der Waals surface area (Å²) < 4.78 is 5.60. The number of amides is 3. The van der Waals surface area contributed by atoms with Crippen molar-refractivity contribution in [2.75, 3.05) is 19.6 Å². The van der Waals surface area contributed by atoms with Gasteiger partial charge < -0.3 is 25.6 Å². The van der Waals surface area contributed by atoms with Crippen LogP contribution in [0.1, 0.15) is 88.0 Å². The normalized spacial score (nSPS) is 17.0. The summed E-state index contributed by atoms with van der Waals surface area (Å²) in [6, 6.07) is -1.59. The molecular formula is C26H48N4O5. The Hall–Kier alpha value is -2.16. The first-order valence-electron chi connectivity index (χ1n) is 12.8. The average Bonchev–Trinajstić information content (AvgIpc) is 2.69. The maximum absolute atomic E-state index is 12.8. The van der Waals surface area contributed by atoms with E-state index in [2.05, 4.69) is 16.0 Å². The molecule has 0 spiro atoms. The lowest BCUT2D eigenvalue weighted by Gasteiger charge is -2.33. The van der Waals surface area contributed by atoms with Crippen LogP contribution in [0.25, 0.3) is 0 Å². The third-order valence-electron chi connectivity index (χ3n) is 5.74. The molecule has 9 heteroatoms. The van der Waals surface area contributed by atoms with Gasteiger partial charge in [0.25, 0.3) is 0 Å². The van der Waals surface area contributed by atoms with E-state index in [1.165, 1.54) is 0 Å². The zero-order valence-corrected chi connectivity index (χ0v) is 23.2. The summed E-state index contributed by atoms with van der Waals surface area (Å²) in [5, 5.41) is 8.70. The molecule has 1 aliphatic rings. The number of esters is 1. The molecule has 1 saturated heterocycles. The van der Waals surface area contributed by atoms with E-state index in [1.807, 2.05) is 60.3 Å². The summed E-state index contributed by atoms with van der Waals surface area (Å²) in [5.41, 5.74) is -0.159. The van der Waals surface area contributed by atoms with E-state index in [-0.39, 0.29) is 41.2 Å². The molecule has 0 aromatic heterocycles. The van der Waals surface area contributed by atoms with Crippen LogP contribution in [0.4, 0.5) is 0 Å². The third kappa shape index (κ3) is 12.4. The highest BCUT2D eigenvalue weighted by Crippen LogP contribution is 2.22. The van der Waals surface area contributed by atoms with Crippen LogP contribution < -0.4 is 16.0 Å². The Bertz CT molecular complexity index is 731. The van der Waals surface area contributed by atoms with Crippen LogP contribution in [-0.2, 0) is 23.9 Å². The van der Waals surface area contributed by atoms with Crippen molar-refractivity contribution in [3.05, 3.63) is 0 Å². The van der Waals surface area contributed by atoms with Crippen molar-refractivity contribution in [3.63, 3.8) is 0 Å². The van der Waals surface area contributed by atoms with Crippen LogP contribution in [0.3, 0.4) is 0 Å². The van der Waals surface area contributed by atoms with Crippen LogP contribution in [0, 0.1) is 11.3 Å². The molecular weight excluding hydrogens is 448 g/mol. The molecule has 1 rings (SSSR count). The molecule has 3 N–H and O–H groups in total. The van der Waals surface area contributed by atoms with Gasteiger partial charge in [0.15, 0.2) is 0 Å². The lowest BCUT2D eigenvalue weighted by Crippen LogP contribution is -2.54. The molecule has 0 bridgehead atoms. The Morgan fingerprint density at radius 3 is 2.00 bits per heavy atom. The van der Waals surface area contributed by atoms with Gasteiger partial charge in [0.2, 0.25) is 17.7 Å². The van der Waals surface area contributed by atoms with Crippen molar-refractivity contribution in [2.24, 2.45) is 11.3 Å². The maximum atomic E-state index is 12.8. The lowest BCUT2D eigenvalue weighted by atomic mass is 9.91. The highest BCUT2D eigenvalue weighted by molar-refractivity contribution is 5.90. The molecule has 3 amide bonds. The summed E-state index contributed by atoms with van der Waals surface area (Å²) in [6.07, 6.45) is 1.62. The lowest BCUT2D eigenvalue weighted by molar-refractivity contribution is -0.155. The fourth-order valence-corrected chi connectivity index (χ4v) is 3.75. The van der Waals surface area contributed by atoms with Gasteiger partial charge in [-0.15, -0.1) is 0 Å². The largest absolute Gasteiger partial charge is 0.461 e. The van der Waals surface area contributed by atoms with Gasteiger partial charge in [-0.1, -0.05) is 34.6 Å². The van der Waals surface area contributed by atoms with E-state index in [0.29, 0.717) is 38.9 Å². The van der Waals surface area contributed by atoms with Crippen molar-refractivity contribution in [3.8, 4) is 0 Å². The zero-order chi connectivity index (χ0) is 27.0. The first kappa shape index (κ1) is 30.9. The molecule has 202 valence electrons. The number of nitrogens with one attached hydrogen (secondary N) is 3. The molecule has 0 unspecified atom stereocenters. The van der Waals surface area contributed by atoms with Gasteiger partial charge in [0.05, 0.1) is 0 Å². The van der Waals surface area contributed by atoms with Crippen molar-refractivity contribution in [2.45, 2.75) is 112 Å². The summed E-state index contributed by atoms with van der Waals surface area (Å²) in [5.74, 6) is -1.17. The fraction of sp³-hybridized carbons (Fsp3) is 0.846. The van der Waals surface area contributed by atoms with Crippen LogP contribution in [0.2, 0.25) is 0 Å². The monoisotopic (exact) mass is 496 g/mol. The SMILES string of the molecule is CC(C)[C@H](NC(=O)CCNC(C)(C)C)C(=O)N[C@@H](C)C(=O)OC1CCN(C(=O)CC(C)(C)C)CC1. The van der Waals surface area contributed by atoms with E-state index in [9.17, 15) is 19.2 Å². The van der Waals surface area contributed by atoms with Gasteiger partial charge in [0, 0.05) is 50.9 Å². The third-order valence-corrected chi connectivity index (χ3v) is 5.74. The summed E-state index contributed by atoms with van der Waals surface area (Å²) >= 11 is 0. The van der Waals surface area contributed by atoms with E-state index < -0.39 is 24.0 Å².